The molecule has 3 aromatic rings. The Morgan fingerprint density at radius 2 is 1.90 bits per heavy atom. The van der Waals surface area contributed by atoms with Gasteiger partial charge in [0.05, 0.1) is 5.69 Å². The molecule has 0 atom stereocenters. The van der Waals surface area contributed by atoms with Crippen molar-refractivity contribution in [1.29, 1.82) is 0 Å². The number of hydrogen-bond donors (Lipinski definition) is 1. The SMILES string of the molecule is Cc1[nH]nc2c(N(C)Cc3ccc(F)cc3)ncnc12. The van der Waals surface area contributed by atoms with E-state index in [0.29, 0.717) is 6.54 Å². The lowest BCUT2D eigenvalue weighted by atomic mass is 10.2. The lowest BCUT2D eigenvalue weighted by molar-refractivity contribution is 0.627. The molecular formula is C14H14FN5. The summed E-state index contributed by atoms with van der Waals surface area (Å²) in [5.74, 6) is 0.521. The van der Waals surface area contributed by atoms with Gasteiger partial charge in [0.25, 0.3) is 0 Å². The second-order valence-electron chi connectivity index (χ2n) is 4.73. The molecule has 0 saturated heterocycles. The molecule has 0 spiro atoms. The van der Waals surface area contributed by atoms with Crippen molar-refractivity contribution in [1.82, 2.24) is 20.2 Å². The second-order valence-corrected chi connectivity index (χ2v) is 4.73. The van der Waals surface area contributed by atoms with Crippen LogP contribution in [0.25, 0.3) is 11.0 Å². The van der Waals surface area contributed by atoms with Gasteiger partial charge in [0, 0.05) is 13.6 Å². The summed E-state index contributed by atoms with van der Waals surface area (Å²) in [5.41, 5.74) is 3.49. The first-order chi connectivity index (χ1) is 9.65. The van der Waals surface area contributed by atoms with Gasteiger partial charge in [-0.05, 0) is 24.6 Å². The molecule has 2 aromatic heterocycles. The highest BCUT2D eigenvalue weighted by Crippen LogP contribution is 2.22. The maximum absolute atomic E-state index is 12.9. The normalized spacial score (nSPS) is 10.9. The maximum Gasteiger partial charge on any atom is 0.160 e. The highest BCUT2D eigenvalue weighted by Gasteiger charge is 2.13. The first-order valence-electron chi connectivity index (χ1n) is 6.26. The second kappa shape index (κ2) is 4.88. The zero-order valence-electron chi connectivity index (χ0n) is 11.3. The Morgan fingerprint density at radius 3 is 2.65 bits per heavy atom. The van der Waals surface area contributed by atoms with E-state index in [1.807, 2.05) is 18.9 Å². The van der Waals surface area contributed by atoms with Crippen LogP contribution in [0.1, 0.15) is 11.3 Å². The minimum absolute atomic E-state index is 0.233. The number of halogens is 1. The van der Waals surface area contributed by atoms with E-state index in [9.17, 15) is 4.39 Å². The molecule has 102 valence electrons. The van der Waals surface area contributed by atoms with Crippen LogP contribution < -0.4 is 4.90 Å². The fourth-order valence-electron chi connectivity index (χ4n) is 2.16. The zero-order chi connectivity index (χ0) is 14.1. The highest BCUT2D eigenvalue weighted by molar-refractivity contribution is 5.86. The standard InChI is InChI=1S/C14H14FN5/c1-9-12-13(19-18-9)14(17-8-16-12)20(2)7-10-3-5-11(15)6-4-10/h3-6,8H,7H2,1-2H3,(H,18,19). The molecule has 0 radical (unpaired) electrons. The van der Waals surface area contributed by atoms with Crippen LogP contribution in [0.2, 0.25) is 0 Å². The molecule has 3 rings (SSSR count). The third-order valence-electron chi connectivity index (χ3n) is 3.19. The summed E-state index contributed by atoms with van der Waals surface area (Å²) in [6.07, 6.45) is 1.53. The van der Waals surface area contributed by atoms with Crippen molar-refractivity contribution in [3.8, 4) is 0 Å². The third kappa shape index (κ3) is 2.20. The number of aromatic amines is 1. The molecule has 0 aliphatic rings. The summed E-state index contributed by atoms with van der Waals surface area (Å²) < 4.78 is 12.9. The van der Waals surface area contributed by atoms with E-state index in [0.717, 1.165) is 28.1 Å². The van der Waals surface area contributed by atoms with Crippen LogP contribution in [-0.2, 0) is 6.54 Å². The molecule has 0 saturated carbocycles. The molecule has 2 heterocycles. The van der Waals surface area contributed by atoms with Gasteiger partial charge in [0.2, 0.25) is 0 Å². The molecule has 0 aliphatic heterocycles. The van der Waals surface area contributed by atoms with E-state index in [-0.39, 0.29) is 5.82 Å². The van der Waals surface area contributed by atoms with E-state index < -0.39 is 0 Å². The van der Waals surface area contributed by atoms with E-state index in [2.05, 4.69) is 20.2 Å². The monoisotopic (exact) mass is 271 g/mol. The molecule has 0 bridgehead atoms. The molecule has 5 nitrogen and oxygen atoms in total. The number of H-pyrrole nitrogens is 1. The van der Waals surface area contributed by atoms with Crippen LogP contribution in [0.5, 0.6) is 0 Å². The van der Waals surface area contributed by atoms with Crippen molar-refractivity contribution in [3.63, 3.8) is 0 Å². The number of hydrogen-bond acceptors (Lipinski definition) is 4. The van der Waals surface area contributed by atoms with Crippen LogP contribution in [0.15, 0.2) is 30.6 Å². The minimum Gasteiger partial charge on any atom is -0.353 e. The Bertz CT molecular complexity index is 735. The summed E-state index contributed by atoms with van der Waals surface area (Å²) in [6, 6.07) is 6.44. The number of nitrogens with zero attached hydrogens (tertiary/aromatic N) is 4. The van der Waals surface area contributed by atoms with Crippen molar-refractivity contribution in [2.24, 2.45) is 0 Å². The fraction of sp³-hybridized carbons (Fsp3) is 0.214. The smallest absolute Gasteiger partial charge is 0.160 e. The molecular weight excluding hydrogens is 257 g/mol. The minimum atomic E-state index is -0.233. The average Bonchev–Trinajstić information content (AvgIpc) is 2.83. The maximum atomic E-state index is 12.9. The number of rotatable bonds is 3. The van der Waals surface area contributed by atoms with Crippen LogP contribution in [-0.4, -0.2) is 27.2 Å². The first-order valence-corrected chi connectivity index (χ1v) is 6.26. The zero-order valence-corrected chi connectivity index (χ0v) is 11.3. The predicted molar refractivity (Wildman–Crippen MR) is 74.9 cm³/mol. The number of aryl methyl sites for hydroxylation is 1. The molecule has 0 amide bonds. The molecule has 1 aromatic carbocycles. The average molecular weight is 271 g/mol. The highest BCUT2D eigenvalue weighted by atomic mass is 19.1. The van der Waals surface area contributed by atoms with Crippen LogP contribution in [0.3, 0.4) is 0 Å². The molecule has 20 heavy (non-hydrogen) atoms. The largest absolute Gasteiger partial charge is 0.353 e. The van der Waals surface area contributed by atoms with Gasteiger partial charge in [-0.25, -0.2) is 14.4 Å². The Morgan fingerprint density at radius 1 is 1.15 bits per heavy atom. The van der Waals surface area contributed by atoms with Gasteiger partial charge in [-0.15, -0.1) is 0 Å². The fourth-order valence-corrected chi connectivity index (χ4v) is 2.16. The summed E-state index contributed by atoms with van der Waals surface area (Å²) in [7, 11) is 1.93. The van der Waals surface area contributed by atoms with Gasteiger partial charge in [0.1, 0.15) is 17.7 Å². The van der Waals surface area contributed by atoms with Gasteiger partial charge in [-0.2, -0.15) is 5.10 Å². The number of benzene rings is 1. The lowest BCUT2D eigenvalue weighted by Gasteiger charge is -2.18. The quantitative estimate of drug-likeness (QED) is 0.795. The Balaban J connectivity index is 1.92. The molecule has 0 fully saturated rings. The Labute approximate surface area is 115 Å². The van der Waals surface area contributed by atoms with E-state index >= 15 is 0 Å². The van der Waals surface area contributed by atoms with Crippen molar-refractivity contribution in [3.05, 3.63) is 47.7 Å². The molecule has 0 aliphatic carbocycles. The Kier molecular flexibility index (Phi) is 3.06. The van der Waals surface area contributed by atoms with E-state index in [1.54, 1.807) is 12.1 Å². The van der Waals surface area contributed by atoms with Crippen LogP contribution in [0, 0.1) is 12.7 Å². The number of aromatic nitrogens is 4. The summed E-state index contributed by atoms with van der Waals surface area (Å²) in [6.45, 7) is 2.55. The van der Waals surface area contributed by atoms with Crippen molar-refractivity contribution in [2.45, 2.75) is 13.5 Å². The predicted octanol–water partition coefficient (Wildman–Crippen LogP) is 2.44. The van der Waals surface area contributed by atoms with Crippen molar-refractivity contribution >= 4 is 16.9 Å². The third-order valence-corrected chi connectivity index (χ3v) is 3.19. The topological polar surface area (TPSA) is 57.7 Å². The molecule has 0 unspecified atom stereocenters. The first kappa shape index (κ1) is 12.5. The van der Waals surface area contributed by atoms with Crippen molar-refractivity contribution in [2.75, 3.05) is 11.9 Å². The number of anilines is 1. The van der Waals surface area contributed by atoms with Gasteiger partial charge >= 0.3 is 0 Å². The summed E-state index contributed by atoms with van der Waals surface area (Å²) in [5, 5.41) is 7.16. The van der Waals surface area contributed by atoms with Gasteiger partial charge in [-0.1, -0.05) is 12.1 Å². The van der Waals surface area contributed by atoms with E-state index in [1.165, 1.54) is 18.5 Å². The summed E-state index contributed by atoms with van der Waals surface area (Å²) in [4.78, 5) is 10.5. The van der Waals surface area contributed by atoms with Gasteiger partial charge in [-0.3, -0.25) is 5.10 Å². The van der Waals surface area contributed by atoms with Gasteiger partial charge < -0.3 is 4.90 Å². The van der Waals surface area contributed by atoms with Crippen LogP contribution in [0.4, 0.5) is 10.2 Å². The van der Waals surface area contributed by atoms with Crippen LogP contribution >= 0.6 is 0 Å². The molecule has 1 N–H and O–H groups in total. The van der Waals surface area contributed by atoms with Gasteiger partial charge in [0.15, 0.2) is 11.3 Å². The van der Waals surface area contributed by atoms with Crippen molar-refractivity contribution < 1.29 is 4.39 Å². The van der Waals surface area contributed by atoms with E-state index in [4.69, 9.17) is 0 Å². The number of nitrogens with one attached hydrogen (secondary N) is 1. The molecule has 6 heteroatoms. The Hall–Kier alpha value is -2.50. The number of fused-ring (bicyclic) bond motifs is 1. The summed E-state index contributed by atoms with van der Waals surface area (Å²) >= 11 is 0. The lowest BCUT2D eigenvalue weighted by Crippen LogP contribution is -2.18.